The quantitative estimate of drug-likeness (QED) is 0.792. The van der Waals surface area contributed by atoms with E-state index in [1.54, 1.807) is 0 Å². The minimum atomic E-state index is -3.09. The molecule has 0 heterocycles. The van der Waals surface area contributed by atoms with Crippen LogP contribution in [-0.2, 0) is 10.0 Å². The number of rotatable bonds is 5. The first kappa shape index (κ1) is 15.6. The first-order valence-corrected chi connectivity index (χ1v) is 9.75. The van der Waals surface area contributed by atoms with Crippen molar-refractivity contribution in [1.82, 2.24) is 4.72 Å². The number of sulfonamides is 1. The van der Waals surface area contributed by atoms with Crippen LogP contribution >= 0.6 is 11.6 Å². The lowest BCUT2D eigenvalue weighted by Crippen LogP contribution is -2.35. The van der Waals surface area contributed by atoms with Gasteiger partial charge in [-0.15, -0.1) is 11.6 Å². The van der Waals surface area contributed by atoms with Gasteiger partial charge in [0.25, 0.3) is 0 Å². The third kappa shape index (κ3) is 5.60. The topological polar surface area (TPSA) is 46.2 Å². The van der Waals surface area contributed by atoms with E-state index in [4.69, 9.17) is 11.6 Å². The zero-order chi connectivity index (χ0) is 13.7. The summed E-state index contributed by atoms with van der Waals surface area (Å²) in [6.07, 6.45) is 10.1. The fourth-order valence-electron chi connectivity index (χ4n) is 3.38. The van der Waals surface area contributed by atoms with E-state index < -0.39 is 10.0 Å². The van der Waals surface area contributed by atoms with Gasteiger partial charge in [0.05, 0.1) is 5.75 Å². The van der Waals surface area contributed by atoms with Gasteiger partial charge in [-0.05, 0) is 43.9 Å². The summed E-state index contributed by atoms with van der Waals surface area (Å²) in [7, 11) is -3.09. The van der Waals surface area contributed by atoms with Gasteiger partial charge in [0.1, 0.15) is 0 Å². The molecule has 0 spiro atoms. The van der Waals surface area contributed by atoms with Crippen LogP contribution in [0.15, 0.2) is 0 Å². The van der Waals surface area contributed by atoms with Gasteiger partial charge in [-0.2, -0.15) is 0 Å². The van der Waals surface area contributed by atoms with Crippen LogP contribution in [0.1, 0.15) is 57.8 Å². The SMILES string of the molecule is O=S(=O)(CC1CCCCC1)NCC1CCCC(Cl)C1. The van der Waals surface area contributed by atoms with Crippen molar-refractivity contribution < 1.29 is 8.42 Å². The zero-order valence-corrected chi connectivity index (χ0v) is 13.2. The van der Waals surface area contributed by atoms with Crippen LogP contribution in [0.2, 0.25) is 0 Å². The van der Waals surface area contributed by atoms with Crippen molar-refractivity contribution in [2.75, 3.05) is 12.3 Å². The largest absolute Gasteiger partial charge is 0.215 e. The van der Waals surface area contributed by atoms with Crippen molar-refractivity contribution >= 4 is 21.6 Å². The highest BCUT2D eigenvalue weighted by molar-refractivity contribution is 7.89. The number of nitrogens with one attached hydrogen (secondary N) is 1. The molecule has 2 aliphatic carbocycles. The van der Waals surface area contributed by atoms with Gasteiger partial charge in [0.15, 0.2) is 0 Å². The highest BCUT2D eigenvalue weighted by Gasteiger charge is 2.24. The normalized spacial score (nSPS) is 30.4. The molecule has 0 saturated heterocycles. The summed E-state index contributed by atoms with van der Waals surface area (Å²) in [5.41, 5.74) is 0. The summed E-state index contributed by atoms with van der Waals surface area (Å²) in [6.45, 7) is 0.582. The molecule has 0 aliphatic heterocycles. The Morgan fingerprint density at radius 2 is 1.63 bits per heavy atom. The predicted octanol–water partition coefficient (Wildman–Crippen LogP) is 3.28. The fraction of sp³-hybridized carbons (Fsp3) is 1.00. The molecule has 0 amide bonds. The molecule has 1 N–H and O–H groups in total. The van der Waals surface area contributed by atoms with Crippen LogP contribution in [0, 0.1) is 11.8 Å². The van der Waals surface area contributed by atoms with Gasteiger partial charge in [-0.1, -0.05) is 25.7 Å². The third-order valence-corrected chi connectivity index (χ3v) is 6.40. The molecule has 0 bridgehead atoms. The highest BCUT2D eigenvalue weighted by Crippen LogP contribution is 2.28. The Kier molecular flexibility index (Phi) is 5.97. The van der Waals surface area contributed by atoms with E-state index >= 15 is 0 Å². The molecule has 3 nitrogen and oxygen atoms in total. The summed E-state index contributed by atoms with van der Waals surface area (Å²) in [5.74, 6) is 1.13. The summed E-state index contributed by atoms with van der Waals surface area (Å²) in [4.78, 5) is 0. The Hall–Kier alpha value is 0.200. The smallest absolute Gasteiger partial charge is 0.211 e. The standard InChI is InChI=1S/C14H26ClNO2S/c15-14-8-4-7-13(9-14)10-16-19(17,18)11-12-5-2-1-3-6-12/h12-14,16H,1-11H2. The molecule has 0 aromatic carbocycles. The van der Waals surface area contributed by atoms with Gasteiger partial charge in [-0.25, -0.2) is 13.1 Å². The highest BCUT2D eigenvalue weighted by atomic mass is 35.5. The van der Waals surface area contributed by atoms with Gasteiger partial charge in [0, 0.05) is 11.9 Å². The first-order valence-electron chi connectivity index (χ1n) is 7.66. The second-order valence-electron chi connectivity index (χ2n) is 6.26. The van der Waals surface area contributed by atoms with E-state index in [1.807, 2.05) is 0 Å². The van der Waals surface area contributed by atoms with Gasteiger partial charge in [-0.3, -0.25) is 0 Å². The maximum absolute atomic E-state index is 12.1. The molecular weight excluding hydrogens is 282 g/mol. The molecule has 2 saturated carbocycles. The van der Waals surface area contributed by atoms with Crippen molar-refractivity contribution in [3.63, 3.8) is 0 Å². The van der Waals surface area contributed by atoms with Gasteiger partial charge in [0.2, 0.25) is 10.0 Å². The summed E-state index contributed by atoms with van der Waals surface area (Å²) in [5, 5.41) is 0.238. The first-order chi connectivity index (χ1) is 9.05. The molecule has 112 valence electrons. The number of hydrogen-bond donors (Lipinski definition) is 1. The molecule has 2 atom stereocenters. The van der Waals surface area contributed by atoms with Crippen molar-refractivity contribution in [3.8, 4) is 0 Å². The van der Waals surface area contributed by atoms with Crippen molar-refractivity contribution in [1.29, 1.82) is 0 Å². The van der Waals surface area contributed by atoms with Crippen LogP contribution in [0.25, 0.3) is 0 Å². The Morgan fingerprint density at radius 1 is 0.947 bits per heavy atom. The van der Waals surface area contributed by atoms with E-state index in [0.717, 1.165) is 38.5 Å². The number of alkyl halides is 1. The summed E-state index contributed by atoms with van der Waals surface area (Å²) in [6, 6.07) is 0. The average Bonchev–Trinajstić information content (AvgIpc) is 2.37. The Balaban J connectivity index is 1.73. The van der Waals surface area contributed by atoms with Crippen LogP contribution in [0.4, 0.5) is 0 Å². The molecule has 2 rings (SSSR count). The maximum Gasteiger partial charge on any atom is 0.211 e. The average molecular weight is 308 g/mol. The fourth-order valence-corrected chi connectivity index (χ4v) is 5.35. The number of hydrogen-bond acceptors (Lipinski definition) is 2. The van der Waals surface area contributed by atoms with Crippen LogP contribution < -0.4 is 4.72 Å². The van der Waals surface area contributed by atoms with E-state index in [2.05, 4.69) is 4.72 Å². The number of halogens is 1. The molecule has 0 aromatic heterocycles. The molecular formula is C14H26ClNO2S. The second-order valence-corrected chi connectivity index (χ2v) is 8.73. The molecule has 0 radical (unpaired) electrons. The molecule has 19 heavy (non-hydrogen) atoms. The van der Waals surface area contributed by atoms with Crippen molar-refractivity contribution in [2.45, 2.75) is 63.2 Å². The predicted molar refractivity (Wildman–Crippen MR) is 80.0 cm³/mol. The summed E-state index contributed by atoms with van der Waals surface area (Å²) < 4.78 is 27.0. The van der Waals surface area contributed by atoms with Crippen LogP contribution in [0.3, 0.4) is 0 Å². The van der Waals surface area contributed by atoms with E-state index in [1.165, 1.54) is 19.3 Å². The van der Waals surface area contributed by atoms with E-state index in [-0.39, 0.29) is 5.38 Å². The minimum Gasteiger partial charge on any atom is -0.215 e. The third-order valence-electron chi connectivity index (χ3n) is 4.49. The molecule has 0 aromatic rings. The summed E-state index contributed by atoms with van der Waals surface area (Å²) >= 11 is 6.14. The Morgan fingerprint density at radius 3 is 2.32 bits per heavy atom. The zero-order valence-electron chi connectivity index (χ0n) is 11.6. The molecule has 2 aliphatic rings. The van der Waals surface area contributed by atoms with Crippen LogP contribution in [0.5, 0.6) is 0 Å². The molecule has 2 unspecified atom stereocenters. The maximum atomic E-state index is 12.1. The Bertz CT molecular complexity index is 366. The van der Waals surface area contributed by atoms with Crippen LogP contribution in [-0.4, -0.2) is 26.1 Å². The lowest BCUT2D eigenvalue weighted by atomic mass is 9.89. The lowest BCUT2D eigenvalue weighted by molar-refractivity contribution is 0.358. The monoisotopic (exact) mass is 307 g/mol. The lowest BCUT2D eigenvalue weighted by Gasteiger charge is -2.26. The van der Waals surface area contributed by atoms with Crippen molar-refractivity contribution in [2.24, 2.45) is 11.8 Å². The van der Waals surface area contributed by atoms with Gasteiger partial charge >= 0.3 is 0 Å². The van der Waals surface area contributed by atoms with E-state index in [0.29, 0.717) is 24.1 Å². The van der Waals surface area contributed by atoms with Gasteiger partial charge < -0.3 is 0 Å². The molecule has 2 fully saturated rings. The van der Waals surface area contributed by atoms with Crippen molar-refractivity contribution in [3.05, 3.63) is 0 Å². The van der Waals surface area contributed by atoms with E-state index in [9.17, 15) is 8.42 Å². The second kappa shape index (κ2) is 7.28. The molecule has 5 heteroatoms. The minimum absolute atomic E-state index is 0.238. The Labute approximate surface area is 122 Å².